The summed E-state index contributed by atoms with van der Waals surface area (Å²) >= 11 is 0. The highest BCUT2D eigenvalue weighted by atomic mass is 16.5. The topological polar surface area (TPSA) is 72.5 Å². The van der Waals surface area contributed by atoms with Crippen LogP contribution in [0.5, 0.6) is 5.75 Å². The van der Waals surface area contributed by atoms with Crippen LogP contribution in [0.25, 0.3) is 0 Å². The lowest BCUT2D eigenvalue weighted by Crippen LogP contribution is -2.47. The second-order valence-corrected chi connectivity index (χ2v) is 10.5. The van der Waals surface area contributed by atoms with Crippen LogP contribution in [-0.4, -0.2) is 30.1 Å². The minimum Gasteiger partial charge on any atom is -0.494 e. The van der Waals surface area contributed by atoms with E-state index in [1.807, 2.05) is 31.2 Å². The van der Waals surface area contributed by atoms with E-state index in [0.29, 0.717) is 45.1 Å². The normalized spacial score (nSPS) is 21.3. The van der Waals surface area contributed by atoms with Crippen LogP contribution in [0.15, 0.2) is 24.3 Å². The largest absolute Gasteiger partial charge is 0.494 e. The van der Waals surface area contributed by atoms with Gasteiger partial charge in [-0.05, 0) is 55.7 Å². The average Bonchev–Trinajstić information content (AvgIpc) is 2.84. The van der Waals surface area contributed by atoms with Crippen LogP contribution in [0.3, 0.4) is 0 Å². The van der Waals surface area contributed by atoms with Gasteiger partial charge in [-0.25, -0.2) is 0 Å². The molecule has 2 heterocycles. The molecule has 5 heteroatoms. The molecule has 3 rings (SSSR count). The Hall–Kier alpha value is -2.17. The summed E-state index contributed by atoms with van der Waals surface area (Å²) in [7, 11) is 0. The second kappa shape index (κ2) is 15.7. The van der Waals surface area contributed by atoms with Gasteiger partial charge < -0.3 is 10.1 Å². The van der Waals surface area contributed by atoms with E-state index in [0.717, 1.165) is 30.6 Å². The minimum absolute atomic E-state index is 0.0860. The van der Waals surface area contributed by atoms with Crippen LogP contribution in [0.2, 0.25) is 0 Å². The Labute approximate surface area is 212 Å². The third-order valence-electron chi connectivity index (χ3n) is 7.08. The highest BCUT2D eigenvalue weighted by molar-refractivity contribution is 5.93. The molecule has 0 unspecified atom stereocenters. The molecule has 0 saturated carbocycles. The molecule has 2 aliphatic rings. The summed E-state index contributed by atoms with van der Waals surface area (Å²) in [4.78, 5) is 39.8. The molecule has 196 valence electrons. The molecule has 1 aromatic carbocycles. The van der Waals surface area contributed by atoms with Gasteiger partial charge in [-0.15, -0.1) is 0 Å². The standard InChI is InChI=1S/C30H47NO4/c1-5-7-8-9-10-11-14-29(33)27-21-23-15-17-24(18-16-23)35-19-12-13-25(28(32)6-2)26(20-22(3)4)30(34)31-27/h15-18,22,25-27H,5-14,19-21H2,1-4H3,(H,31,34)/t25-,26+,27-/m0/s1. The Morgan fingerprint density at radius 3 is 2.34 bits per heavy atom. The van der Waals surface area contributed by atoms with Gasteiger partial charge in [-0.3, -0.25) is 14.4 Å². The van der Waals surface area contributed by atoms with Crippen molar-refractivity contribution in [1.29, 1.82) is 0 Å². The Balaban J connectivity index is 2.24. The molecule has 35 heavy (non-hydrogen) atoms. The number of unbranched alkanes of at least 4 members (excludes halogenated alkanes) is 5. The number of nitrogens with one attached hydrogen (secondary N) is 1. The predicted octanol–water partition coefficient (Wildman–Crippen LogP) is 6.46. The van der Waals surface area contributed by atoms with Gasteiger partial charge in [0.15, 0.2) is 5.78 Å². The Bertz CT molecular complexity index is 786. The summed E-state index contributed by atoms with van der Waals surface area (Å²) < 4.78 is 5.90. The quantitative estimate of drug-likeness (QED) is 0.345. The predicted molar refractivity (Wildman–Crippen MR) is 142 cm³/mol. The van der Waals surface area contributed by atoms with Crippen molar-refractivity contribution in [2.45, 2.75) is 111 Å². The van der Waals surface area contributed by atoms with Gasteiger partial charge >= 0.3 is 0 Å². The molecule has 5 nitrogen and oxygen atoms in total. The van der Waals surface area contributed by atoms with E-state index in [1.54, 1.807) is 0 Å². The Morgan fingerprint density at radius 1 is 1.00 bits per heavy atom. The first-order valence-corrected chi connectivity index (χ1v) is 13.9. The maximum Gasteiger partial charge on any atom is 0.224 e. The highest BCUT2D eigenvalue weighted by Crippen LogP contribution is 2.28. The second-order valence-electron chi connectivity index (χ2n) is 10.5. The zero-order valence-electron chi connectivity index (χ0n) is 22.4. The van der Waals surface area contributed by atoms with Gasteiger partial charge in [0.1, 0.15) is 11.5 Å². The summed E-state index contributed by atoms with van der Waals surface area (Å²) in [6.45, 7) is 8.74. The first-order chi connectivity index (χ1) is 16.8. The van der Waals surface area contributed by atoms with E-state index < -0.39 is 12.0 Å². The molecule has 1 amide bonds. The molecule has 0 fully saturated rings. The van der Waals surface area contributed by atoms with Crippen molar-refractivity contribution in [3.8, 4) is 5.75 Å². The van der Waals surface area contributed by atoms with E-state index in [2.05, 4.69) is 26.1 Å². The number of carbonyl (C=O) groups is 3. The van der Waals surface area contributed by atoms with Crippen LogP contribution < -0.4 is 10.1 Å². The number of ketones is 2. The number of carbonyl (C=O) groups excluding carboxylic acids is 3. The van der Waals surface area contributed by atoms with Crippen LogP contribution >= 0.6 is 0 Å². The zero-order chi connectivity index (χ0) is 25.6. The number of amides is 1. The number of benzene rings is 1. The summed E-state index contributed by atoms with van der Waals surface area (Å²) in [5.41, 5.74) is 0.998. The van der Waals surface area contributed by atoms with Crippen molar-refractivity contribution in [1.82, 2.24) is 5.32 Å². The molecular formula is C30H47NO4. The first-order valence-electron chi connectivity index (χ1n) is 13.9. The van der Waals surface area contributed by atoms with Crippen molar-refractivity contribution in [3.63, 3.8) is 0 Å². The van der Waals surface area contributed by atoms with Crippen LogP contribution in [0, 0.1) is 17.8 Å². The van der Waals surface area contributed by atoms with E-state index >= 15 is 0 Å². The zero-order valence-corrected chi connectivity index (χ0v) is 22.4. The molecule has 3 atom stereocenters. The van der Waals surface area contributed by atoms with Gasteiger partial charge in [0.05, 0.1) is 12.6 Å². The smallest absolute Gasteiger partial charge is 0.224 e. The molecular weight excluding hydrogens is 438 g/mol. The van der Waals surface area contributed by atoms with Gasteiger partial charge in [0.2, 0.25) is 5.91 Å². The van der Waals surface area contributed by atoms with Crippen LogP contribution in [0.4, 0.5) is 0 Å². The van der Waals surface area contributed by atoms with Crippen molar-refractivity contribution < 1.29 is 19.1 Å². The molecule has 0 radical (unpaired) electrons. The lowest BCUT2D eigenvalue weighted by atomic mass is 9.78. The number of hydrogen-bond donors (Lipinski definition) is 1. The number of ether oxygens (including phenoxy) is 1. The average molecular weight is 486 g/mol. The maximum absolute atomic E-state index is 13.6. The van der Waals surface area contributed by atoms with Crippen molar-refractivity contribution in [2.24, 2.45) is 17.8 Å². The van der Waals surface area contributed by atoms with Crippen molar-refractivity contribution in [3.05, 3.63) is 29.8 Å². The van der Waals surface area contributed by atoms with Gasteiger partial charge in [0.25, 0.3) is 0 Å². The molecule has 1 aromatic rings. The number of rotatable bonds is 12. The third-order valence-corrected chi connectivity index (χ3v) is 7.08. The van der Waals surface area contributed by atoms with Crippen LogP contribution in [-0.2, 0) is 20.8 Å². The molecule has 0 aliphatic carbocycles. The molecule has 2 bridgehead atoms. The number of hydrogen-bond acceptors (Lipinski definition) is 4. The summed E-state index contributed by atoms with van der Waals surface area (Å²) in [6, 6.07) is 7.24. The molecule has 1 N–H and O–H groups in total. The van der Waals surface area contributed by atoms with Crippen molar-refractivity contribution >= 4 is 17.5 Å². The molecule has 2 aliphatic heterocycles. The maximum atomic E-state index is 13.6. The van der Waals surface area contributed by atoms with Crippen molar-refractivity contribution in [2.75, 3.05) is 6.61 Å². The first kappa shape index (κ1) is 29.1. The third kappa shape index (κ3) is 10.1. The van der Waals surface area contributed by atoms with Gasteiger partial charge in [-0.1, -0.05) is 71.9 Å². The lowest BCUT2D eigenvalue weighted by molar-refractivity contribution is -0.136. The summed E-state index contributed by atoms with van der Waals surface area (Å²) in [5.74, 6) is 0.361. The number of fused-ring (bicyclic) bond motifs is 11. The van der Waals surface area contributed by atoms with E-state index in [-0.39, 0.29) is 29.3 Å². The fourth-order valence-electron chi connectivity index (χ4n) is 5.04. The van der Waals surface area contributed by atoms with E-state index in [4.69, 9.17) is 4.74 Å². The number of Topliss-reactive ketones (excluding diaryl/α,β-unsaturated/α-hetero) is 2. The molecule has 0 saturated heterocycles. The monoisotopic (exact) mass is 485 g/mol. The van der Waals surface area contributed by atoms with Crippen LogP contribution in [0.1, 0.15) is 104 Å². The lowest BCUT2D eigenvalue weighted by Gasteiger charge is -2.29. The van der Waals surface area contributed by atoms with E-state index in [1.165, 1.54) is 19.3 Å². The molecule has 0 spiro atoms. The fourth-order valence-corrected chi connectivity index (χ4v) is 5.04. The SMILES string of the molecule is CCCCCCCCC(=O)[C@@H]1Cc2ccc(cc2)OCCC[C@H](C(=O)CC)[C@@H](CC(C)C)C(=O)N1. The highest BCUT2D eigenvalue weighted by Gasteiger charge is 2.35. The van der Waals surface area contributed by atoms with Gasteiger partial charge in [-0.2, -0.15) is 0 Å². The summed E-state index contributed by atoms with van der Waals surface area (Å²) in [6.07, 6.45) is 10.0. The summed E-state index contributed by atoms with van der Waals surface area (Å²) in [5, 5.41) is 3.11. The minimum atomic E-state index is -0.570. The molecule has 0 aromatic heterocycles. The Morgan fingerprint density at radius 2 is 1.69 bits per heavy atom. The fraction of sp³-hybridized carbons (Fsp3) is 0.700. The Kier molecular flexibility index (Phi) is 13.1. The van der Waals surface area contributed by atoms with E-state index in [9.17, 15) is 14.4 Å². The van der Waals surface area contributed by atoms with Gasteiger partial charge in [0, 0.05) is 24.7 Å².